The Balaban J connectivity index is 2.26. The van der Waals surface area contributed by atoms with Crippen molar-refractivity contribution in [3.63, 3.8) is 0 Å². The Labute approximate surface area is 247 Å². The number of hydrogen-bond donors (Lipinski definition) is 1. The van der Waals surface area contributed by atoms with E-state index in [2.05, 4.69) is 70.7 Å². The Hall–Kier alpha value is -2.50. The van der Waals surface area contributed by atoms with E-state index in [1.807, 2.05) is 0 Å². The van der Waals surface area contributed by atoms with Gasteiger partial charge in [-0.25, -0.2) is 34.1 Å². The van der Waals surface area contributed by atoms with Gasteiger partial charge in [0.1, 0.15) is 0 Å². The number of nitrogens with zero attached hydrogens (tertiary/aromatic N) is 3. The van der Waals surface area contributed by atoms with Crippen LogP contribution in [0.1, 0.15) is 120 Å². The molecule has 0 aromatic carbocycles. The Morgan fingerprint density at radius 3 is 1.95 bits per heavy atom. The third-order valence-electron chi connectivity index (χ3n) is 8.97. The van der Waals surface area contributed by atoms with E-state index in [0.29, 0.717) is 19.4 Å². The van der Waals surface area contributed by atoms with E-state index in [-0.39, 0.29) is 47.4 Å². The number of rotatable bonds is 12. The summed E-state index contributed by atoms with van der Waals surface area (Å²) >= 11 is 0. The van der Waals surface area contributed by atoms with Crippen molar-refractivity contribution >= 4 is 24.3 Å². The van der Waals surface area contributed by atoms with E-state index in [0.717, 1.165) is 51.4 Å². The molecule has 1 N–H and O–H groups in total. The van der Waals surface area contributed by atoms with Crippen LogP contribution in [0.25, 0.3) is 0 Å². The number of urea groups is 1. The van der Waals surface area contributed by atoms with Gasteiger partial charge in [-0.05, 0) is 72.5 Å². The van der Waals surface area contributed by atoms with E-state index in [4.69, 9.17) is 4.74 Å². The van der Waals surface area contributed by atoms with Crippen LogP contribution in [0.5, 0.6) is 0 Å². The van der Waals surface area contributed by atoms with Crippen LogP contribution in [0.4, 0.5) is 9.59 Å². The Bertz CT molecular complexity index is 1000. The Kier molecular flexibility index (Phi) is 12.4. The third-order valence-corrected chi connectivity index (χ3v) is 8.97. The number of aliphatic imine (C=N–C) groups is 2. The van der Waals surface area contributed by atoms with E-state index in [9.17, 15) is 19.2 Å². The minimum absolute atomic E-state index is 0.0513. The van der Waals surface area contributed by atoms with Crippen LogP contribution in [0.2, 0.25) is 0 Å². The molecule has 0 aromatic heterocycles. The second-order valence-electron chi connectivity index (χ2n) is 15.1. The van der Waals surface area contributed by atoms with Crippen molar-refractivity contribution in [3.8, 4) is 0 Å². The molecule has 5 unspecified atom stereocenters. The average Bonchev–Trinajstić information content (AvgIpc) is 2.84. The summed E-state index contributed by atoms with van der Waals surface area (Å²) in [4.78, 5) is 58.6. The smallest absolute Gasteiger partial charge is 0.417 e. The van der Waals surface area contributed by atoms with Crippen LogP contribution in [0.3, 0.4) is 0 Å². The molecule has 3 amide bonds. The molecule has 9 nitrogen and oxygen atoms in total. The molecule has 0 bridgehead atoms. The first-order valence-electron chi connectivity index (χ1n) is 15.4. The van der Waals surface area contributed by atoms with Gasteiger partial charge in [0.2, 0.25) is 12.2 Å². The van der Waals surface area contributed by atoms with Gasteiger partial charge in [-0.3, -0.25) is 0 Å². The predicted molar refractivity (Wildman–Crippen MR) is 160 cm³/mol. The van der Waals surface area contributed by atoms with Gasteiger partial charge >= 0.3 is 12.1 Å². The monoisotopic (exact) mass is 574 g/mol. The Morgan fingerprint density at radius 1 is 0.902 bits per heavy atom. The fraction of sp³-hybridized carbons (Fsp3) is 0.875. The summed E-state index contributed by atoms with van der Waals surface area (Å²) in [5, 5.41) is 3.03. The van der Waals surface area contributed by atoms with Gasteiger partial charge in [0.15, 0.2) is 0 Å². The summed E-state index contributed by atoms with van der Waals surface area (Å²) in [6.45, 7) is 17.7. The number of unbranched alkanes of at least 4 members (excludes halogenated alkanes) is 1. The molecule has 2 fully saturated rings. The van der Waals surface area contributed by atoms with Gasteiger partial charge in [0.05, 0.1) is 18.7 Å². The van der Waals surface area contributed by atoms with Gasteiger partial charge < -0.3 is 10.1 Å². The van der Waals surface area contributed by atoms with Crippen molar-refractivity contribution in [1.82, 2.24) is 10.2 Å². The maximum absolute atomic E-state index is 13.8. The maximum atomic E-state index is 13.8. The summed E-state index contributed by atoms with van der Waals surface area (Å²) < 4.78 is 5.77. The highest BCUT2D eigenvalue weighted by Crippen LogP contribution is 2.48. The molecule has 0 aliphatic heterocycles. The molecule has 41 heavy (non-hydrogen) atoms. The topological polar surface area (TPSA) is 118 Å². The second kappa shape index (κ2) is 14.6. The lowest BCUT2D eigenvalue weighted by Gasteiger charge is -2.47. The van der Waals surface area contributed by atoms with E-state index >= 15 is 0 Å². The standard InChI is InChI=1S/C32H54N4O5/c1-9-11-12-24(10-2)17-41-28(40)36(21-32(8)16-26(35-23-38)14-30(5,6)19-32)27(39)33-20-31(7)15-25(34-22-37)13-29(3,4)18-31/h24-26H,9-21H2,1-8H3,(H,33,39). The molecule has 0 saturated heterocycles. The lowest BCUT2D eigenvalue weighted by atomic mass is 9.62. The molecule has 2 aliphatic carbocycles. The molecule has 5 atom stereocenters. The number of carbonyl (C=O) groups excluding carboxylic acids is 4. The minimum Gasteiger partial charge on any atom is -0.449 e. The van der Waals surface area contributed by atoms with E-state index in [1.165, 1.54) is 4.90 Å². The SMILES string of the molecule is CCCCC(CC)COC(=O)N(CC1(C)CC(N=C=O)CC(C)(C)C1)C(=O)NCC1(C)CC(N=C=O)CC(C)(C)C1. The quantitative estimate of drug-likeness (QED) is 0.195. The molecule has 232 valence electrons. The van der Waals surface area contributed by atoms with Crippen molar-refractivity contribution in [1.29, 1.82) is 0 Å². The van der Waals surface area contributed by atoms with Crippen molar-refractivity contribution < 1.29 is 23.9 Å². The first-order chi connectivity index (χ1) is 19.1. The van der Waals surface area contributed by atoms with Crippen molar-refractivity contribution in [2.75, 3.05) is 19.7 Å². The van der Waals surface area contributed by atoms with Gasteiger partial charge in [-0.2, -0.15) is 0 Å². The van der Waals surface area contributed by atoms with Gasteiger partial charge in [-0.15, -0.1) is 0 Å². The molecule has 2 aliphatic rings. The third kappa shape index (κ3) is 11.0. The van der Waals surface area contributed by atoms with Crippen LogP contribution in [0, 0.1) is 27.6 Å². The highest BCUT2D eigenvalue weighted by molar-refractivity contribution is 5.91. The van der Waals surface area contributed by atoms with Crippen LogP contribution in [-0.2, 0) is 14.3 Å². The lowest BCUT2D eigenvalue weighted by molar-refractivity contribution is 0.0401. The number of isocyanates is 2. The van der Waals surface area contributed by atoms with Crippen LogP contribution < -0.4 is 5.32 Å². The lowest BCUT2D eigenvalue weighted by Crippen LogP contribution is -2.53. The molecule has 2 saturated carbocycles. The average molecular weight is 575 g/mol. The number of ether oxygens (including phenoxy) is 1. The van der Waals surface area contributed by atoms with Gasteiger partial charge in [0.25, 0.3) is 0 Å². The maximum Gasteiger partial charge on any atom is 0.417 e. The molecule has 9 heteroatoms. The highest BCUT2D eigenvalue weighted by Gasteiger charge is 2.45. The van der Waals surface area contributed by atoms with Gasteiger partial charge in [-0.1, -0.05) is 74.7 Å². The fourth-order valence-electron chi connectivity index (χ4n) is 7.89. The second-order valence-corrected chi connectivity index (χ2v) is 15.1. The molecule has 2 rings (SSSR count). The molecule has 0 heterocycles. The molecular weight excluding hydrogens is 520 g/mol. The number of amides is 3. The largest absolute Gasteiger partial charge is 0.449 e. The molecule has 0 spiro atoms. The zero-order valence-electron chi connectivity index (χ0n) is 26.8. The molecular formula is C32H54N4O5. The van der Waals surface area contributed by atoms with Crippen molar-refractivity contribution in [2.24, 2.45) is 37.6 Å². The predicted octanol–water partition coefficient (Wildman–Crippen LogP) is 7.19. The van der Waals surface area contributed by atoms with Crippen LogP contribution in [0.15, 0.2) is 9.98 Å². The summed E-state index contributed by atoms with van der Waals surface area (Å²) in [5.74, 6) is 0.248. The summed E-state index contributed by atoms with van der Waals surface area (Å²) in [7, 11) is 0. The minimum atomic E-state index is -0.643. The van der Waals surface area contributed by atoms with Gasteiger partial charge in [0, 0.05) is 13.1 Å². The van der Waals surface area contributed by atoms with Crippen molar-refractivity contribution in [3.05, 3.63) is 0 Å². The highest BCUT2D eigenvalue weighted by atomic mass is 16.6. The van der Waals surface area contributed by atoms with Crippen LogP contribution >= 0.6 is 0 Å². The number of nitrogens with one attached hydrogen (secondary N) is 1. The summed E-state index contributed by atoms with van der Waals surface area (Å²) in [6.07, 6.45) is 11.2. The summed E-state index contributed by atoms with van der Waals surface area (Å²) in [5.41, 5.74) is -0.918. The first-order valence-corrected chi connectivity index (χ1v) is 15.4. The van der Waals surface area contributed by atoms with E-state index < -0.39 is 17.5 Å². The summed E-state index contributed by atoms with van der Waals surface area (Å²) in [6, 6.07) is -0.844. The van der Waals surface area contributed by atoms with Crippen molar-refractivity contribution in [2.45, 2.75) is 132 Å². The van der Waals surface area contributed by atoms with E-state index in [1.54, 1.807) is 12.2 Å². The zero-order valence-corrected chi connectivity index (χ0v) is 26.8. The zero-order chi connectivity index (χ0) is 30.9. The Morgan fingerprint density at radius 2 is 1.44 bits per heavy atom. The normalized spacial score (nSPS) is 29.3. The molecule has 0 radical (unpaired) electrons. The number of imide groups is 1. The molecule has 0 aromatic rings. The number of hydrogen-bond acceptors (Lipinski definition) is 7. The number of carbonyl (C=O) groups is 2. The van der Waals surface area contributed by atoms with Crippen LogP contribution in [-0.4, -0.2) is 61.0 Å². The first kappa shape index (κ1) is 34.7. The fourth-order valence-corrected chi connectivity index (χ4v) is 7.89.